The third-order valence-corrected chi connectivity index (χ3v) is 5.06. The highest BCUT2D eigenvalue weighted by Crippen LogP contribution is 2.13. The molecule has 142 valence electrons. The van der Waals surface area contributed by atoms with Gasteiger partial charge in [-0.25, -0.2) is 0 Å². The van der Waals surface area contributed by atoms with E-state index in [1.54, 1.807) is 24.3 Å². The molecule has 0 aliphatic carbocycles. The first kappa shape index (κ1) is 20.3. The van der Waals surface area contributed by atoms with E-state index in [1.165, 1.54) is 0 Å². The number of carbonyl (C=O) groups excluding carboxylic acids is 2. The second-order valence-corrected chi connectivity index (χ2v) is 8.04. The molecule has 0 heterocycles. The number of halogens is 2. The molecule has 2 amide bonds. The van der Waals surface area contributed by atoms with Crippen LogP contribution in [0.3, 0.4) is 0 Å². The Morgan fingerprint density at radius 3 is 1.50 bits per heavy atom. The fourth-order valence-electron chi connectivity index (χ4n) is 2.68. The molecule has 0 unspecified atom stereocenters. The van der Waals surface area contributed by atoms with Crippen LogP contribution in [0.1, 0.15) is 31.8 Å². The van der Waals surface area contributed by atoms with Gasteiger partial charge in [0, 0.05) is 33.2 Å². The largest absolute Gasteiger partial charge is 0.348 e. The van der Waals surface area contributed by atoms with Crippen LogP contribution in [0.2, 0.25) is 0 Å². The van der Waals surface area contributed by atoms with Crippen molar-refractivity contribution in [1.29, 1.82) is 0 Å². The molecule has 2 N–H and O–H groups in total. The zero-order valence-corrected chi connectivity index (χ0v) is 18.1. The first-order valence-corrected chi connectivity index (χ1v) is 10.3. The van der Waals surface area contributed by atoms with Crippen LogP contribution in [0.4, 0.5) is 0 Å². The van der Waals surface area contributed by atoms with Gasteiger partial charge in [-0.05, 0) is 47.5 Å². The van der Waals surface area contributed by atoms with Crippen LogP contribution < -0.4 is 10.6 Å². The minimum atomic E-state index is -0.130. The second kappa shape index (κ2) is 9.66. The minimum Gasteiger partial charge on any atom is -0.348 e. The Hall–Kier alpha value is -2.44. The Morgan fingerprint density at radius 1 is 0.643 bits per heavy atom. The van der Waals surface area contributed by atoms with Gasteiger partial charge in [-0.1, -0.05) is 68.3 Å². The maximum atomic E-state index is 12.3. The van der Waals surface area contributed by atoms with Crippen LogP contribution in [0.25, 0.3) is 0 Å². The number of nitrogens with one attached hydrogen (secondary N) is 2. The van der Waals surface area contributed by atoms with E-state index in [-0.39, 0.29) is 11.8 Å². The molecule has 0 atom stereocenters. The molecular formula is C22H18Br2N2O2. The highest BCUT2D eigenvalue weighted by atomic mass is 79.9. The fourth-order valence-corrected chi connectivity index (χ4v) is 3.48. The summed E-state index contributed by atoms with van der Waals surface area (Å²) in [5.74, 6) is -0.260. The third-order valence-electron chi connectivity index (χ3n) is 4.07. The van der Waals surface area contributed by atoms with Gasteiger partial charge in [0.1, 0.15) is 0 Å². The summed E-state index contributed by atoms with van der Waals surface area (Å²) in [4.78, 5) is 24.5. The molecule has 0 aliphatic heterocycles. The lowest BCUT2D eigenvalue weighted by Gasteiger charge is -2.09. The highest BCUT2D eigenvalue weighted by molar-refractivity contribution is 9.10. The molecule has 6 heteroatoms. The maximum Gasteiger partial charge on any atom is 0.251 e. The summed E-state index contributed by atoms with van der Waals surface area (Å²) in [7, 11) is 0. The van der Waals surface area contributed by atoms with Gasteiger partial charge in [-0.15, -0.1) is 0 Å². The number of carbonyl (C=O) groups is 2. The molecule has 0 fully saturated rings. The average Bonchev–Trinajstić information content (AvgIpc) is 2.70. The van der Waals surface area contributed by atoms with E-state index in [4.69, 9.17) is 0 Å². The van der Waals surface area contributed by atoms with Crippen molar-refractivity contribution in [2.24, 2.45) is 0 Å². The molecule has 0 bridgehead atoms. The molecule has 0 radical (unpaired) electrons. The Kier molecular flexibility index (Phi) is 7.01. The summed E-state index contributed by atoms with van der Waals surface area (Å²) >= 11 is 6.74. The van der Waals surface area contributed by atoms with Crippen molar-refractivity contribution in [2.75, 3.05) is 0 Å². The fraction of sp³-hybridized carbons (Fsp3) is 0.0909. The lowest BCUT2D eigenvalue weighted by molar-refractivity contribution is 0.0943. The Balaban J connectivity index is 1.56. The second-order valence-electron chi connectivity index (χ2n) is 6.21. The SMILES string of the molecule is O=C(NCc1cccc(CNC(=O)c2cccc(Br)c2)c1)c1cccc(Br)c1. The Morgan fingerprint density at radius 2 is 1.07 bits per heavy atom. The zero-order chi connectivity index (χ0) is 19.9. The molecule has 0 aromatic heterocycles. The number of rotatable bonds is 6. The first-order valence-electron chi connectivity index (χ1n) is 8.66. The monoisotopic (exact) mass is 500 g/mol. The molecule has 0 aliphatic rings. The van der Waals surface area contributed by atoms with Gasteiger partial charge in [0.05, 0.1) is 0 Å². The molecule has 0 saturated carbocycles. The van der Waals surface area contributed by atoms with Crippen LogP contribution in [0, 0.1) is 0 Å². The van der Waals surface area contributed by atoms with Gasteiger partial charge in [0.2, 0.25) is 0 Å². The van der Waals surface area contributed by atoms with Crippen LogP contribution in [-0.2, 0) is 13.1 Å². The topological polar surface area (TPSA) is 58.2 Å². The summed E-state index contributed by atoms with van der Waals surface area (Å²) < 4.78 is 1.73. The third kappa shape index (κ3) is 5.78. The number of amides is 2. The van der Waals surface area contributed by atoms with E-state index in [2.05, 4.69) is 42.5 Å². The number of hydrogen-bond acceptors (Lipinski definition) is 2. The molecule has 0 spiro atoms. The van der Waals surface area contributed by atoms with E-state index < -0.39 is 0 Å². The standard InChI is InChI=1S/C22H18Br2N2O2/c23-19-8-2-6-17(11-19)21(27)25-13-15-4-1-5-16(10-15)14-26-22(28)18-7-3-9-20(24)12-18/h1-12H,13-14H2,(H,25,27)(H,26,28). The van der Waals surface area contributed by atoms with Crippen molar-refractivity contribution in [1.82, 2.24) is 10.6 Å². The quantitative estimate of drug-likeness (QED) is 0.495. The molecule has 28 heavy (non-hydrogen) atoms. The summed E-state index contributed by atoms with van der Waals surface area (Å²) in [5, 5.41) is 5.83. The van der Waals surface area contributed by atoms with Gasteiger partial charge < -0.3 is 10.6 Å². The van der Waals surface area contributed by atoms with Crippen molar-refractivity contribution in [3.63, 3.8) is 0 Å². The first-order chi connectivity index (χ1) is 13.5. The van der Waals surface area contributed by atoms with Crippen LogP contribution >= 0.6 is 31.9 Å². The molecular weight excluding hydrogens is 484 g/mol. The van der Waals surface area contributed by atoms with Gasteiger partial charge >= 0.3 is 0 Å². The average molecular weight is 502 g/mol. The Bertz CT molecular complexity index is 928. The molecule has 4 nitrogen and oxygen atoms in total. The summed E-state index contributed by atoms with van der Waals surface area (Å²) in [5.41, 5.74) is 3.15. The highest BCUT2D eigenvalue weighted by Gasteiger charge is 2.07. The summed E-state index contributed by atoms with van der Waals surface area (Å²) in [6.45, 7) is 0.831. The predicted molar refractivity (Wildman–Crippen MR) is 117 cm³/mol. The number of benzene rings is 3. The van der Waals surface area contributed by atoms with E-state index in [1.807, 2.05) is 48.5 Å². The molecule has 3 rings (SSSR count). The maximum absolute atomic E-state index is 12.3. The lowest BCUT2D eigenvalue weighted by atomic mass is 10.1. The Labute approximate surface area is 180 Å². The van der Waals surface area contributed by atoms with E-state index in [0.29, 0.717) is 24.2 Å². The molecule has 0 saturated heterocycles. The minimum absolute atomic E-state index is 0.130. The van der Waals surface area contributed by atoms with Crippen molar-refractivity contribution in [2.45, 2.75) is 13.1 Å². The molecule has 3 aromatic carbocycles. The molecule has 3 aromatic rings. The lowest BCUT2D eigenvalue weighted by Crippen LogP contribution is -2.24. The normalized spacial score (nSPS) is 10.4. The van der Waals surface area contributed by atoms with Gasteiger partial charge in [0.15, 0.2) is 0 Å². The van der Waals surface area contributed by atoms with Gasteiger partial charge in [-0.2, -0.15) is 0 Å². The smallest absolute Gasteiger partial charge is 0.251 e. The van der Waals surface area contributed by atoms with Crippen LogP contribution in [-0.4, -0.2) is 11.8 Å². The van der Waals surface area contributed by atoms with Crippen molar-refractivity contribution in [3.05, 3.63) is 104 Å². The van der Waals surface area contributed by atoms with E-state index >= 15 is 0 Å². The summed E-state index contributed by atoms with van der Waals surface area (Å²) in [6, 6.07) is 22.3. The van der Waals surface area contributed by atoms with Crippen LogP contribution in [0.5, 0.6) is 0 Å². The summed E-state index contributed by atoms with van der Waals surface area (Å²) in [6.07, 6.45) is 0. The zero-order valence-electron chi connectivity index (χ0n) is 14.9. The van der Waals surface area contributed by atoms with Crippen LogP contribution in [0.15, 0.2) is 81.7 Å². The van der Waals surface area contributed by atoms with Crippen molar-refractivity contribution in [3.8, 4) is 0 Å². The van der Waals surface area contributed by atoms with E-state index in [9.17, 15) is 9.59 Å². The van der Waals surface area contributed by atoms with Crippen molar-refractivity contribution < 1.29 is 9.59 Å². The van der Waals surface area contributed by atoms with Gasteiger partial charge in [0.25, 0.3) is 11.8 Å². The van der Waals surface area contributed by atoms with E-state index in [0.717, 1.165) is 20.1 Å². The van der Waals surface area contributed by atoms with Gasteiger partial charge in [-0.3, -0.25) is 9.59 Å². The number of hydrogen-bond donors (Lipinski definition) is 2. The van der Waals surface area contributed by atoms with Crippen molar-refractivity contribution >= 4 is 43.7 Å². The predicted octanol–water partition coefficient (Wildman–Crippen LogP) is 5.07.